The van der Waals surface area contributed by atoms with E-state index in [1.165, 1.54) is 20.4 Å². The van der Waals surface area contributed by atoms with Crippen molar-refractivity contribution in [2.75, 3.05) is 26.1 Å². The number of nitrogens with one attached hydrogen (secondary N) is 1. The fourth-order valence-corrected chi connectivity index (χ4v) is 2.12. The number of thiazole rings is 1. The van der Waals surface area contributed by atoms with E-state index in [4.69, 9.17) is 14.2 Å². The van der Waals surface area contributed by atoms with Gasteiger partial charge in [-0.2, -0.15) is 9.97 Å². The summed E-state index contributed by atoms with van der Waals surface area (Å²) in [6, 6.07) is 1.76. The average Bonchev–Trinajstić information content (AvgIpc) is 2.95. The van der Waals surface area contributed by atoms with Crippen molar-refractivity contribution in [3.8, 4) is 11.9 Å². The molecule has 2 aromatic heterocycles. The molecule has 0 unspecified atom stereocenters. The number of anilines is 2. The van der Waals surface area contributed by atoms with Gasteiger partial charge in [0.1, 0.15) is 10.7 Å². The average molecular weight is 310 g/mol. The van der Waals surface area contributed by atoms with Gasteiger partial charge in [0.15, 0.2) is 5.13 Å². The maximum Gasteiger partial charge on any atom is 0.350 e. The lowest BCUT2D eigenvalue weighted by Gasteiger charge is -2.06. The highest BCUT2D eigenvalue weighted by Gasteiger charge is 2.13. The molecule has 0 aliphatic rings. The molecule has 0 radical (unpaired) electrons. The second-order valence-electron chi connectivity index (χ2n) is 3.66. The van der Waals surface area contributed by atoms with Crippen LogP contribution in [0, 0.1) is 0 Å². The van der Waals surface area contributed by atoms with Gasteiger partial charge >= 0.3 is 12.0 Å². The molecule has 21 heavy (non-hydrogen) atoms. The van der Waals surface area contributed by atoms with E-state index in [-0.39, 0.29) is 6.01 Å². The van der Waals surface area contributed by atoms with Crippen molar-refractivity contribution in [1.82, 2.24) is 15.0 Å². The van der Waals surface area contributed by atoms with E-state index in [9.17, 15) is 4.79 Å². The molecule has 112 valence electrons. The minimum Gasteiger partial charge on any atom is -0.481 e. The summed E-state index contributed by atoms with van der Waals surface area (Å²) >= 11 is 1.16. The standard InChI is InChI=1S/C12H14N4O4S/c1-4-20-10(17)7-6-13-12(21-7)15-8-5-9(18-2)16-11(14-8)19-3/h5-6H,4H2,1-3H3,(H,13,14,15,16). The predicted octanol–water partition coefficient (Wildman–Crippen LogP) is 1.87. The topological polar surface area (TPSA) is 95.5 Å². The molecule has 0 aliphatic carbocycles. The molecule has 0 fully saturated rings. The van der Waals surface area contributed by atoms with E-state index in [0.717, 1.165) is 11.3 Å². The van der Waals surface area contributed by atoms with Crippen molar-refractivity contribution in [3.63, 3.8) is 0 Å². The Morgan fingerprint density at radius 2 is 2.14 bits per heavy atom. The Morgan fingerprint density at radius 1 is 1.33 bits per heavy atom. The van der Waals surface area contributed by atoms with Crippen LogP contribution in [-0.2, 0) is 4.74 Å². The van der Waals surface area contributed by atoms with Gasteiger partial charge in [-0.3, -0.25) is 0 Å². The number of nitrogens with zero attached hydrogens (tertiary/aromatic N) is 3. The first-order chi connectivity index (χ1) is 10.2. The molecule has 9 heteroatoms. The van der Waals surface area contributed by atoms with Gasteiger partial charge < -0.3 is 19.5 Å². The number of methoxy groups -OCH3 is 2. The molecule has 0 saturated carbocycles. The first-order valence-corrected chi connectivity index (χ1v) is 6.85. The summed E-state index contributed by atoms with van der Waals surface area (Å²) in [6.07, 6.45) is 1.45. The van der Waals surface area contributed by atoms with E-state index in [0.29, 0.717) is 28.3 Å². The van der Waals surface area contributed by atoms with Crippen molar-refractivity contribution in [1.29, 1.82) is 0 Å². The molecule has 2 aromatic rings. The lowest BCUT2D eigenvalue weighted by atomic mass is 10.5. The molecule has 0 spiro atoms. The number of ether oxygens (including phenoxy) is 3. The van der Waals surface area contributed by atoms with Gasteiger partial charge in [0.2, 0.25) is 5.88 Å². The van der Waals surface area contributed by atoms with Crippen LogP contribution in [0.5, 0.6) is 11.9 Å². The molecular formula is C12H14N4O4S. The van der Waals surface area contributed by atoms with Crippen LogP contribution >= 0.6 is 11.3 Å². The zero-order chi connectivity index (χ0) is 15.2. The zero-order valence-corrected chi connectivity index (χ0v) is 12.6. The summed E-state index contributed by atoms with van der Waals surface area (Å²) in [5.41, 5.74) is 0. The minimum atomic E-state index is -0.402. The van der Waals surface area contributed by atoms with Gasteiger partial charge in [-0.15, -0.1) is 0 Å². The molecular weight excluding hydrogens is 296 g/mol. The first-order valence-electron chi connectivity index (χ1n) is 6.03. The predicted molar refractivity (Wildman–Crippen MR) is 76.5 cm³/mol. The molecule has 0 saturated heterocycles. The molecule has 0 bridgehead atoms. The first kappa shape index (κ1) is 15.0. The van der Waals surface area contributed by atoms with Gasteiger partial charge in [-0.1, -0.05) is 11.3 Å². The van der Waals surface area contributed by atoms with E-state index >= 15 is 0 Å². The van der Waals surface area contributed by atoms with E-state index in [1.807, 2.05) is 0 Å². The van der Waals surface area contributed by atoms with Crippen LogP contribution in [0.3, 0.4) is 0 Å². The number of carbonyl (C=O) groups excluding carboxylic acids is 1. The molecule has 2 heterocycles. The summed E-state index contributed by atoms with van der Waals surface area (Å²) in [4.78, 5) is 24.2. The van der Waals surface area contributed by atoms with Crippen molar-refractivity contribution in [2.45, 2.75) is 6.92 Å². The summed E-state index contributed by atoms with van der Waals surface area (Å²) in [5, 5.41) is 3.46. The fourth-order valence-electron chi connectivity index (χ4n) is 1.40. The van der Waals surface area contributed by atoms with Gasteiger partial charge in [0.05, 0.1) is 27.0 Å². The lowest BCUT2D eigenvalue weighted by molar-refractivity contribution is 0.0532. The van der Waals surface area contributed by atoms with Gasteiger partial charge in [0, 0.05) is 6.07 Å². The third kappa shape index (κ3) is 3.78. The smallest absolute Gasteiger partial charge is 0.350 e. The monoisotopic (exact) mass is 310 g/mol. The third-order valence-electron chi connectivity index (χ3n) is 2.29. The molecule has 0 aromatic carbocycles. The summed E-state index contributed by atoms with van der Waals surface area (Å²) in [5.74, 6) is 0.399. The number of aromatic nitrogens is 3. The zero-order valence-electron chi connectivity index (χ0n) is 11.7. The van der Waals surface area contributed by atoms with Crippen molar-refractivity contribution < 1.29 is 19.0 Å². The Hall–Kier alpha value is -2.42. The number of rotatable bonds is 6. The molecule has 1 N–H and O–H groups in total. The molecule has 0 amide bonds. The van der Waals surface area contributed by atoms with Crippen LogP contribution in [0.25, 0.3) is 0 Å². The van der Waals surface area contributed by atoms with Crippen LogP contribution in [-0.4, -0.2) is 41.7 Å². The quantitative estimate of drug-likeness (QED) is 0.808. The number of hydrogen-bond acceptors (Lipinski definition) is 9. The normalized spacial score (nSPS) is 10.0. The van der Waals surface area contributed by atoms with Crippen molar-refractivity contribution in [3.05, 3.63) is 17.1 Å². The molecule has 0 atom stereocenters. The van der Waals surface area contributed by atoms with Gasteiger partial charge in [0.25, 0.3) is 0 Å². The van der Waals surface area contributed by atoms with Crippen LogP contribution in [0.15, 0.2) is 12.3 Å². The third-order valence-corrected chi connectivity index (χ3v) is 3.18. The van der Waals surface area contributed by atoms with Crippen LogP contribution < -0.4 is 14.8 Å². The minimum absolute atomic E-state index is 0.166. The van der Waals surface area contributed by atoms with E-state index in [1.54, 1.807) is 13.0 Å². The van der Waals surface area contributed by atoms with E-state index in [2.05, 4.69) is 20.3 Å². The van der Waals surface area contributed by atoms with Crippen molar-refractivity contribution >= 4 is 28.3 Å². The molecule has 0 aliphatic heterocycles. The maximum atomic E-state index is 11.6. The highest BCUT2D eigenvalue weighted by Crippen LogP contribution is 2.25. The number of esters is 1. The van der Waals surface area contributed by atoms with E-state index < -0.39 is 5.97 Å². The largest absolute Gasteiger partial charge is 0.481 e. The fraction of sp³-hybridized carbons (Fsp3) is 0.333. The Kier molecular flexibility index (Phi) is 4.88. The molecule has 8 nitrogen and oxygen atoms in total. The Balaban J connectivity index is 2.16. The summed E-state index contributed by atoms with van der Waals surface area (Å²) < 4.78 is 14.9. The highest BCUT2D eigenvalue weighted by molar-refractivity contribution is 7.17. The Morgan fingerprint density at radius 3 is 2.81 bits per heavy atom. The Bertz CT molecular complexity index is 609. The van der Waals surface area contributed by atoms with Crippen LogP contribution in [0.2, 0.25) is 0 Å². The maximum absolute atomic E-state index is 11.6. The number of hydrogen-bond donors (Lipinski definition) is 1. The van der Waals surface area contributed by atoms with Crippen LogP contribution in [0.4, 0.5) is 10.9 Å². The SMILES string of the molecule is CCOC(=O)c1cnc(Nc2cc(OC)nc(OC)n2)s1. The lowest BCUT2D eigenvalue weighted by Crippen LogP contribution is -2.01. The van der Waals surface area contributed by atoms with Gasteiger partial charge in [-0.25, -0.2) is 9.78 Å². The summed E-state index contributed by atoms with van der Waals surface area (Å²) in [6.45, 7) is 2.07. The number of carbonyl (C=O) groups is 1. The second kappa shape index (κ2) is 6.84. The summed E-state index contributed by atoms with van der Waals surface area (Å²) in [7, 11) is 2.95. The second-order valence-corrected chi connectivity index (χ2v) is 4.69. The van der Waals surface area contributed by atoms with Crippen LogP contribution in [0.1, 0.15) is 16.6 Å². The Labute approximate surface area is 125 Å². The highest BCUT2D eigenvalue weighted by atomic mass is 32.1. The van der Waals surface area contributed by atoms with Crippen molar-refractivity contribution in [2.24, 2.45) is 0 Å². The van der Waals surface area contributed by atoms with Gasteiger partial charge in [-0.05, 0) is 6.92 Å². The molecule has 2 rings (SSSR count).